The number of hydrogen-bond donors (Lipinski definition) is 1. The molecule has 7 heteroatoms. The van der Waals surface area contributed by atoms with E-state index in [1.807, 2.05) is 5.43 Å². The fourth-order valence-corrected chi connectivity index (χ4v) is 0.991. The summed E-state index contributed by atoms with van der Waals surface area (Å²) in [5, 5.41) is 9.69. The molecule has 1 N–H and O–H groups in total. The van der Waals surface area contributed by atoms with Crippen LogP contribution in [0.4, 0.5) is 5.82 Å². The summed E-state index contributed by atoms with van der Waals surface area (Å²) in [7, 11) is 0. The van der Waals surface area contributed by atoms with Crippen molar-refractivity contribution in [2.75, 3.05) is 5.43 Å². The first-order valence-corrected chi connectivity index (χ1v) is 3.99. The normalized spacial score (nSPS) is 9.50. The van der Waals surface area contributed by atoms with Gasteiger partial charge in [0, 0.05) is 16.7 Å². The van der Waals surface area contributed by atoms with Gasteiger partial charge in [-0.25, -0.2) is 15.1 Å². The molecule has 0 amide bonds. The van der Waals surface area contributed by atoms with Gasteiger partial charge in [0.05, 0.1) is 5.02 Å². The third-order valence-corrected chi connectivity index (χ3v) is 2.20. The first kappa shape index (κ1) is 9.21. The first-order chi connectivity index (χ1) is 5.59. The maximum absolute atomic E-state index is 9.97. The van der Waals surface area contributed by atoms with E-state index in [1.54, 1.807) is 0 Å². The molecule has 0 fully saturated rings. The van der Waals surface area contributed by atoms with E-state index in [0.717, 1.165) is 0 Å². The minimum atomic E-state index is -0.692. The van der Waals surface area contributed by atoms with E-state index in [2.05, 4.69) is 20.9 Å². The Kier molecular flexibility index (Phi) is 2.83. The van der Waals surface area contributed by atoms with Crippen LogP contribution in [0.15, 0.2) is 16.7 Å². The Bertz CT molecular complexity index is 320. The lowest BCUT2D eigenvalue weighted by atomic mass is 10.5. The van der Waals surface area contributed by atoms with Gasteiger partial charge in [0.15, 0.2) is 10.9 Å². The van der Waals surface area contributed by atoms with Crippen molar-refractivity contribution in [3.05, 3.63) is 31.9 Å². The molecule has 1 aromatic heterocycles. The molecule has 0 aliphatic carbocycles. The summed E-state index contributed by atoms with van der Waals surface area (Å²) in [5.41, 5.74) is 1.90. The van der Waals surface area contributed by atoms with Gasteiger partial charge < -0.3 is 0 Å². The van der Waals surface area contributed by atoms with Gasteiger partial charge in [-0.3, -0.25) is 0 Å². The van der Waals surface area contributed by atoms with Crippen molar-refractivity contribution in [3.8, 4) is 0 Å². The van der Waals surface area contributed by atoms with E-state index in [4.69, 9.17) is 11.6 Å². The van der Waals surface area contributed by atoms with E-state index in [-0.39, 0.29) is 5.82 Å². The summed E-state index contributed by atoms with van der Waals surface area (Å²) >= 11 is 8.71. The van der Waals surface area contributed by atoms with Crippen LogP contribution in [0.1, 0.15) is 0 Å². The van der Waals surface area contributed by atoms with Gasteiger partial charge >= 0.3 is 0 Å². The number of hydrogen-bond acceptors (Lipinski definition) is 3. The second-order valence-electron chi connectivity index (χ2n) is 1.85. The molecular weight excluding hydrogens is 249 g/mol. The molecule has 0 aromatic carbocycles. The lowest BCUT2D eigenvalue weighted by Crippen LogP contribution is -2.08. The fraction of sp³-hybridized carbons (Fsp3) is 0. The topological polar surface area (TPSA) is 68.1 Å². The summed E-state index contributed by atoms with van der Waals surface area (Å²) < 4.78 is 0.559. The highest BCUT2D eigenvalue weighted by Crippen LogP contribution is 2.23. The van der Waals surface area contributed by atoms with E-state index in [9.17, 15) is 10.1 Å². The third-order valence-electron chi connectivity index (χ3n) is 1.01. The number of hydrazine groups is 1. The standard InChI is InChI=1S/C5H3BrClN3O2/c6-3-1-5(9-10(11)12)8-2-4(3)7/h1-2H,(H,8,9). The Morgan fingerprint density at radius 2 is 2.42 bits per heavy atom. The van der Waals surface area contributed by atoms with Crippen LogP contribution in [0.2, 0.25) is 5.02 Å². The number of pyridine rings is 1. The summed E-state index contributed by atoms with van der Waals surface area (Å²) in [6, 6.07) is 1.42. The quantitative estimate of drug-likeness (QED) is 0.646. The highest BCUT2D eigenvalue weighted by molar-refractivity contribution is 9.10. The highest BCUT2D eigenvalue weighted by Gasteiger charge is 2.03. The number of aromatic nitrogens is 1. The minimum Gasteiger partial charge on any atom is -0.234 e. The zero-order valence-corrected chi connectivity index (χ0v) is 7.96. The molecule has 0 aliphatic rings. The van der Waals surface area contributed by atoms with Crippen molar-refractivity contribution in [2.24, 2.45) is 0 Å². The van der Waals surface area contributed by atoms with Crippen molar-refractivity contribution in [2.45, 2.75) is 0 Å². The van der Waals surface area contributed by atoms with Crippen LogP contribution >= 0.6 is 27.5 Å². The molecule has 1 aromatic rings. The molecule has 0 saturated heterocycles. The van der Waals surface area contributed by atoms with Gasteiger partial charge in [-0.2, -0.15) is 0 Å². The predicted molar refractivity (Wildman–Crippen MR) is 47.6 cm³/mol. The maximum atomic E-state index is 9.97. The second kappa shape index (κ2) is 3.68. The van der Waals surface area contributed by atoms with Crippen LogP contribution in [0.5, 0.6) is 0 Å². The van der Waals surface area contributed by atoms with Gasteiger partial charge in [-0.1, -0.05) is 17.0 Å². The first-order valence-electron chi connectivity index (χ1n) is 2.81. The third kappa shape index (κ3) is 2.31. The molecule has 1 heterocycles. The summed E-state index contributed by atoms with van der Waals surface area (Å²) in [5.74, 6) is 0.135. The maximum Gasteiger partial charge on any atom is 0.191 e. The number of anilines is 1. The van der Waals surface area contributed by atoms with Gasteiger partial charge in [-0.15, -0.1) is 0 Å². The van der Waals surface area contributed by atoms with Crippen LogP contribution in [-0.4, -0.2) is 10.0 Å². The molecular formula is C5H3BrClN3O2. The summed E-state index contributed by atoms with van der Waals surface area (Å²) in [6.45, 7) is 0. The van der Waals surface area contributed by atoms with Gasteiger partial charge in [-0.05, 0) is 15.9 Å². The van der Waals surface area contributed by atoms with Crippen LogP contribution in [0, 0.1) is 10.1 Å². The average Bonchev–Trinajstić information content (AvgIpc) is 1.96. The van der Waals surface area contributed by atoms with Crippen molar-refractivity contribution < 1.29 is 5.03 Å². The molecule has 0 atom stereocenters. The van der Waals surface area contributed by atoms with E-state index < -0.39 is 5.03 Å². The van der Waals surface area contributed by atoms with Crippen LogP contribution in [0.25, 0.3) is 0 Å². The van der Waals surface area contributed by atoms with Crippen LogP contribution < -0.4 is 5.43 Å². The Balaban J connectivity index is 2.89. The molecule has 1 rings (SSSR count). The second-order valence-corrected chi connectivity index (χ2v) is 3.11. The van der Waals surface area contributed by atoms with Crippen LogP contribution in [-0.2, 0) is 0 Å². The Morgan fingerprint density at radius 3 is 2.92 bits per heavy atom. The van der Waals surface area contributed by atoms with Gasteiger partial charge in [0.25, 0.3) is 0 Å². The zero-order valence-electron chi connectivity index (χ0n) is 5.62. The number of nitrogens with zero attached hydrogens (tertiary/aromatic N) is 2. The van der Waals surface area contributed by atoms with Crippen LogP contribution in [0.3, 0.4) is 0 Å². The van der Waals surface area contributed by atoms with Crippen molar-refractivity contribution in [1.29, 1.82) is 0 Å². The molecule has 5 nitrogen and oxygen atoms in total. The molecule has 0 saturated carbocycles. The molecule has 12 heavy (non-hydrogen) atoms. The largest absolute Gasteiger partial charge is 0.234 e. The lowest BCUT2D eigenvalue weighted by molar-refractivity contribution is -0.445. The van der Waals surface area contributed by atoms with E-state index >= 15 is 0 Å². The van der Waals surface area contributed by atoms with Crippen molar-refractivity contribution in [3.63, 3.8) is 0 Å². The minimum absolute atomic E-state index is 0.135. The molecule has 64 valence electrons. The predicted octanol–water partition coefficient (Wildman–Crippen LogP) is 2.10. The van der Waals surface area contributed by atoms with Gasteiger partial charge in [0.1, 0.15) is 0 Å². The molecule has 0 unspecified atom stereocenters. The smallest absolute Gasteiger partial charge is 0.191 e. The summed E-state index contributed by atoms with van der Waals surface area (Å²) in [6.07, 6.45) is 1.32. The van der Waals surface area contributed by atoms with E-state index in [1.165, 1.54) is 12.3 Å². The SMILES string of the molecule is O=[N+]([O-])Nc1cc(Br)c(Cl)cn1. The molecule has 0 spiro atoms. The van der Waals surface area contributed by atoms with Crippen molar-refractivity contribution in [1.82, 2.24) is 4.98 Å². The average molecular weight is 252 g/mol. The summed E-state index contributed by atoms with van der Waals surface area (Å²) in [4.78, 5) is 13.6. The van der Waals surface area contributed by atoms with Crippen molar-refractivity contribution >= 4 is 33.3 Å². The monoisotopic (exact) mass is 251 g/mol. The Labute approximate surface area is 81.0 Å². The number of nitro groups is 1. The zero-order chi connectivity index (χ0) is 9.14. The molecule has 0 radical (unpaired) electrons. The number of nitrogens with one attached hydrogen (secondary N) is 1. The Hall–Kier alpha value is -0.880. The molecule has 0 bridgehead atoms. The van der Waals surface area contributed by atoms with E-state index in [0.29, 0.717) is 9.50 Å². The number of halogens is 2. The highest BCUT2D eigenvalue weighted by atomic mass is 79.9. The fourth-order valence-electron chi connectivity index (χ4n) is 0.569. The lowest BCUT2D eigenvalue weighted by Gasteiger charge is -1.97. The number of rotatable bonds is 2. The van der Waals surface area contributed by atoms with Gasteiger partial charge in [0.2, 0.25) is 0 Å². The Morgan fingerprint density at radius 1 is 1.75 bits per heavy atom. The molecule has 0 aliphatic heterocycles.